The highest BCUT2D eigenvalue weighted by Crippen LogP contribution is 2.30. The van der Waals surface area contributed by atoms with Crippen molar-refractivity contribution in [2.24, 2.45) is 0 Å². The quantitative estimate of drug-likeness (QED) is 0.498. The van der Waals surface area contributed by atoms with Gasteiger partial charge in [0.2, 0.25) is 0 Å². The zero-order chi connectivity index (χ0) is 19.5. The standard InChI is InChI=1S/C20H18N4O3S/c25-20(17-7-4-14-28-17)23-12-10-22(11-13-23)18-9-8-16(24(26)27)19(21-18)15-5-2-1-3-6-15/h1-9,14H,10-13H2. The Morgan fingerprint density at radius 1 is 1.00 bits per heavy atom. The number of carbonyl (C=O) groups excluding carboxylic acids is 1. The number of piperazine rings is 1. The number of amides is 1. The molecule has 2 aromatic heterocycles. The molecule has 1 aliphatic heterocycles. The van der Waals surface area contributed by atoms with Crippen molar-refractivity contribution in [1.29, 1.82) is 0 Å². The van der Waals surface area contributed by atoms with Crippen molar-refractivity contribution in [2.75, 3.05) is 31.1 Å². The molecule has 0 spiro atoms. The second-order valence-corrected chi connectivity index (χ2v) is 7.36. The van der Waals surface area contributed by atoms with Crippen LogP contribution < -0.4 is 4.90 Å². The Bertz CT molecular complexity index is 984. The van der Waals surface area contributed by atoms with Gasteiger partial charge in [0, 0.05) is 37.8 Å². The first-order valence-corrected chi connectivity index (χ1v) is 9.80. The van der Waals surface area contributed by atoms with Gasteiger partial charge in [0.05, 0.1) is 9.80 Å². The van der Waals surface area contributed by atoms with Crippen LogP contribution in [-0.4, -0.2) is 46.9 Å². The first kappa shape index (κ1) is 18.1. The second-order valence-electron chi connectivity index (χ2n) is 6.42. The van der Waals surface area contributed by atoms with Crippen LogP contribution in [0, 0.1) is 10.1 Å². The van der Waals surface area contributed by atoms with E-state index in [1.54, 1.807) is 6.07 Å². The molecule has 1 aliphatic rings. The number of hydrogen-bond acceptors (Lipinski definition) is 6. The summed E-state index contributed by atoms with van der Waals surface area (Å²) in [5.74, 6) is 0.740. The van der Waals surface area contributed by atoms with E-state index in [0.29, 0.717) is 43.3 Å². The number of thiophene rings is 1. The monoisotopic (exact) mass is 394 g/mol. The van der Waals surface area contributed by atoms with Crippen LogP contribution in [0.3, 0.4) is 0 Å². The molecule has 0 saturated carbocycles. The molecule has 1 aromatic carbocycles. The predicted octanol–water partition coefficient (Wildman–Crippen LogP) is 3.68. The van der Waals surface area contributed by atoms with Crippen LogP contribution in [0.1, 0.15) is 9.67 Å². The molecule has 0 N–H and O–H groups in total. The highest BCUT2D eigenvalue weighted by Gasteiger charge is 2.25. The maximum Gasteiger partial charge on any atom is 0.295 e. The summed E-state index contributed by atoms with van der Waals surface area (Å²) in [6, 6.07) is 16.1. The third-order valence-electron chi connectivity index (χ3n) is 4.73. The highest BCUT2D eigenvalue weighted by atomic mass is 32.1. The minimum absolute atomic E-state index is 0.0125. The van der Waals surface area contributed by atoms with Crippen LogP contribution in [0.5, 0.6) is 0 Å². The molecule has 0 atom stereocenters. The van der Waals surface area contributed by atoms with E-state index in [4.69, 9.17) is 0 Å². The SMILES string of the molecule is O=C(c1cccs1)N1CCN(c2ccc([N+](=O)[O-])c(-c3ccccc3)n2)CC1. The lowest BCUT2D eigenvalue weighted by molar-refractivity contribution is -0.384. The molecule has 3 aromatic rings. The van der Waals surface area contributed by atoms with Gasteiger partial charge in [0.15, 0.2) is 5.69 Å². The van der Waals surface area contributed by atoms with E-state index < -0.39 is 4.92 Å². The topological polar surface area (TPSA) is 79.6 Å². The van der Waals surface area contributed by atoms with Gasteiger partial charge in [0.25, 0.3) is 11.6 Å². The van der Waals surface area contributed by atoms with Crippen LogP contribution in [0.15, 0.2) is 60.0 Å². The van der Waals surface area contributed by atoms with Crippen LogP contribution in [-0.2, 0) is 0 Å². The predicted molar refractivity (Wildman–Crippen MR) is 109 cm³/mol. The van der Waals surface area contributed by atoms with Gasteiger partial charge in [-0.15, -0.1) is 11.3 Å². The average molecular weight is 394 g/mol. The summed E-state index contributed by atoms with van der Waals surface area (Å²) in [6.07, 6.45) is 0. The smallest absolute Gasteiger partial charge is 0.295 e. The first-order chi connectivity index (χ1) is 13.6. The largest absolute Gasteiger partial charge is 0.353 e. The molecule has 1 fully saturated rings. The number of anilines is 1. The minimum atomic E-state index is -0.406. The van der Waals surface area contributed by atoms with Crippen molar-refractivity contribution in [3.63, 3.8) is 0 Å². The number of hydrogen-bond donors (Lipinski definition) is 0. The van der Waals surface area contributed by atoms with Gasteiger partial charge in [-0.1, -0.05) is 36.4 Å². The summed E-state index contributed by atoms with van der Waals surface area (Å²) < 4.78 is 0. The zero-order valence-electron chi connectivity index (χ0n) is 15.0. The van der Waals surface area contributed by atoms with Crippen LogP contribution in [0.25, 0.3) is 11.3 Å². The van der Waals surface area contributed by atoms with Crippen molar-refractivity contribution in [2.45, 2.75) is 0 Å². The number of carbonyl (C=O) groups is 1. The van der Waals surface area contributed by atoms with Crippen molar-refractivity contribution in [3.8, 4) is 11.3 Å². The molecule has 4 rings (SSSR count). The third kappa shape index (κ3) is 3.59. The molecule has 0 radical (unpaired) electrons. The van der Waals surface area contributed by atoms with Gasteiger partial charge in [-0.3, -0.25) is 14.9 Å². The fourth-order valence-electron chi connectivity index (χ4n) is 3.27. The Balaban J connectivity index is 1.54. The van der Waals surface area contributed by atoms with E-state index >= 15 is 0 Å². The molecule has 7 nitrogen and oxygen atoms in total. The summed E-state index contributed by atoms with van der Waals surface area (Å²) in [5.41, 5.74) is 1.06. The normalized spacial score (nSPS) is 14.1. The lowest BCUT2D eigenvalue weighted by atomic mass is 10.1. The van der Waals surface area contributed by atoms with Crippen LogP contribution in [0.2, 0.25) is 0 Å². The highest BCUT2D eigenvalue weighted by molar-refractivity contribution is 7.12. The maximum atomic E-state index is 12.5. The average Bonchev–Trinajstić information content (AvgIpc) is 3.28. The maximum absolute atomic E-state index is 12.5. The Morgan fingerprint density at radius 3 is 2.39 bits per heavy atom. The van der Waals surface area contributed by atoms with E-state index in [9.17, 15) is 14.9 Å². The summed E-state index contributed by atoms with van der Waals surface area (Å²) >= 11 is 1.44. The van der Waals surface area contributed by atoms with Crippen LogP contribution in [0.4, 0.5) is 11.5 Å². The molecule has 142 valence electrons. The number of aromatic nitrogens is 1. The van der Waals surface area contributed by atoms with Gasteiger partial charge in [0.1, 0.15) is 5.82 Å². The van der Waals surface area contributed by atoms with Gasteiger partial charge >= 0.3 is 0 Å². The summed E-state index contributed by atoms with van der Waals surface area (Å²) in [7, 11) is 0. The molecule has 0 aliphatic carbocycles. The fraction of sp³-hybridized carbons (Fsp3) is 0.200. The molecular weight excluding hydrogens is 376 g/mol. The van der Waals surface area contributed by atoms with Crippen molar-refractivity contribution >= 4 is 28.7 Å². The van der Waals surface area contributed by atoms with Gasteiger partial charge in [-0.05, 0) is 17.5 Å². The third-order valence-corrected chi connectivity index (χ3v) is 5.58. The molecule has 1 amide bonds. The van der Waals surface area contributed by atoms with E-state index in [1.807, 2.05) is 52.7 Å². The number of nitro groups is 1. The minimum Gasteiger partial charge on any atom is -0.353 e. The van der Waals surface area contributed by atoms with Gasteiger partial charge in [-0.25, -0.2) is 4.98 Å². The number of rotatable bonds is 4. The molecule has 8 heteroatoms. The number of pyridine rings is 1. The summed E-state index contributed by atoms with van der Waals surface area (Å²) in [5, 5.41) is 13.3. The van der Waals surface area contributed by atoms with Crippen molar-refractivity contribution < 1.29 is 9.72 Å². The Hall–Kier alpha value is -3.26. The van der Waals surface area contributed by atoms with Crippen molar-refractivity contribution in [3.05, 3.63) is 75.0 Å². The van der Waals surface area contributed by atoms with E-state index in [1.165, 1.54) is 17.4 Å². The van der Waals surface area contributed by atoms with Gasteiger partial charge < -0.3 is 9.80 Å². The Labute approximate surface area is 166 Å². The zero-order valence-corrected chi connectivity index (χ0v) is 15.8. The van der Waals surface area contributed by atoms with E-state index in [0.717, 1.165) is 4.88 Å². The number of nitrogens with zero attached hydrogens (tertiary/aromatic N) is 4. The lowest BCUT2D eigenvalue weighted by Gasteiger charge is -2.35. The van der Waals surface area contributed by atoms with E-state index in [-0.39, 0.29) is 11.6 Å². The lowest BCUT2D eigenvalue weighted by Crippen LogP contribution is -2.48. The Kier molecular flexibility index (Phi) is 5.03. The molecule has 0 bridgehead atoms. The molecule has 28 heavy (non-hydrogen) atoms. The Morgan fingerprint density at radius 2 is 1.75 bits per heavy atom. The molecule has 1 saturated heterocycles. The van der Waals surface area contributed by atoms with Crippen molar-refractivity contribution in [1.82, 2.24) is 9.88 Å². The van der Waals surface area contributed by atoms with E-state index in [2.05, 4.69) is 9.88 Å². The van der Waals surface area contributed by atoms with Gasteiger partial charge in [-0.2, -0.15) is 0 Å². The summed E-state index contributed by atoms with van der Waals surface area (Å²) in [6.45, 7) is 2.46. The fourth-order valence-corrected chi connectivity index (χ4v) is 3.96. The van der Waals surface area contributed by atoms with Crippen LogP contribution >= 0.6 is 11.3 Å². The molecular formula is C20H18N4O3S. The first-order valence-electron chi connectivity index (χ1n) is 8.92. The summed E-state index contributed by atoms with van der Waals surface area (Å²) in [4.78, 5) is 32.7. The molecule has 0 unspecified atom stereocenters. The molecule has 3 heterocycles. The second kappa shape index (κ2) is 7.77. The number of benzene rings is 1.